The highest BCUT2D eigenvalue weighted by Crippen LogP contribution is 2.46. The van der Waals surface area contributed by atoms with Gasteiger partial charge in [0.1, 0.15) is 11.5 Å². The largest absolute Gasteiger partial charge is 0.472 e. The molecule has 1 saturated heterocycles. The van der Waals surface area contributed by atoms with Crippen molar-refractivity contribution in [2.45, 2.75) is 64.3 Å². The van der Waals surface area contributed by atoms with Crippen LogP contribution < -0.4 is 20.5 Å². The smallest absolute Gasteiger partial charge is 0.251 e. The molecule has 0 radical (unpaired) electrons. The Labute approximate surface area is 221 Å². The van der Waals surface area contributed by atoms with Crippen LogP contribution in [-0.2, 0) is 13.7 Å². The maximum Gasteiger partial charge on any atom is 0.251 e. The molecule has 4 heterocycles. The van der Waals surface area contributed by atoms with E-state index in [1.807, 2.05) is 25.2 Å². The van der Waals surface area contributed by atoms with Gasteiger partial charge in [-0.2, -0.15) is 4.98 Å². The third-order valence-electron chi connectivity index (χ3n) is 7.78. The van der Waals surface area contributed by atoms with Crippen LogP contribution in [0.4, 0.5) is 5.13 Å². The van der Waals surface area contributed by atoms with Crippen LogP contribution in [0.25, 0.3) is 32.5 Å². The molecular weight excluding hydrogens is 480 g/mol. The normalized spacial score (nSPS) is 18.2. The van der Waals surface area contributed by atoms with Crippen molar-refractivity contribution in [3.63, 3.8) is 0 Å². The number of hydrogen-bond acceptors (Lipinski definition) is 6. The molecule has 37 heavy (non-hydrogen) atoms. The van der Waals surface area contributed by atoms with Crippen LogP contribution >= 0.6 is 11.3 Å². The summed E-state index contributed by atoms with van der Waals surface area (Å²) in [5, 5.41) is 5.84. The van der Waals surface area contributed by atoms with Gasteiger partial charge in [-0.1, -0.05) is 41.7 Å². The fourth-order valence-corrected chi connectivity index (χ4v) is 7.42. The van der Waals surface area contributed by atoms with Crippen molar-refractivity contribution in [2.24, 2.45) is 7.05 Å². The number of rotatable bonds is 3. The number of nitrogens with one attached hydrogen (secondary N) is 1. The topological polar surface area (TPSA) is 59.4 Å². The van der Waals surface area contributed by atoms with Crippen LogP contribution in [0.5, 0.6) is 5.88 Å². The van der Waals surface area contributed by atoms with E-state index in [0.717, 1.165) is 56.3 Å². The summed E-state index contributed by atoms with van der Waals surface area (Å²) in [5.41, 5.74) is 5.33. The lowest BCUT2D eigenvalue weighted by molar-refractivity contribution is 0.161. The van der Waals surface area contributed by atoms with Gasteiger partial charge in [-0.05, 0) is 69.4 Å². The van der Waals surface area contributed by atoms with Gasteiger partial charge in [0.2, 0.25) is 5.88 Å². The third kappa shape index (κ3) is 4.24. The molecule has 0 atom stereocenters. The first kappa shape index (κ1) is 24.2. The Morgan fingerprint density at radius 2 is 1.78 bits per heavy atom. The Kier molecular flexibility index (Phi) is 5.51. The maximum absolute atomic E-state index is 12.7. The van der Waals surface area contributed by atoms with Gasteiger partial charge in [0.05, 0.1) is 5.52 Å². The lowest BCUT2D eigenvalue weighted by atomic mass is 9.79. The highest BCUT2D eigenvalue weighted by Gasteiger charge is 2.40. The standard InChI is InChI=1S/C30H34N4O2S/c1-29(2)15-20(16-30(3,4)32-29)33(5)28-31-27-26(37-28)21-12-11-18(13-19(21)17-36-27)23-14-25(35)34(6)24-10-8-7-9-22(23)24/h7-14,20,32H,15-17H2,1-6H3. The zero-order valence-electron chi connectivity index (χ0n) is 22.4. The Hall–Kier alpha value is -3.16. The summed E-state index contributed by atoms with van der Waals surface area (Å²) in [6.45, 7) is 9.60. The highest BCUT2D eigenvalue weighted by molar-refractivity contribution is 7.19. The van der Waals surface area contributed by atoms with Crippen LogP contribution in [0, 0.1) is 0 Å². The van der Waals surface area contributed by atoms with Crippen molar-refractivity contribution in [1.29, 1.82) is 0 Å². The number of para-hydroxylation sites is 1. The van der Waals surface area contributed by atoms with Crippen molar-refractivity contribution >= 4 is 27.4 Å². The highest BCUT2D eigenvalue weighted by atomic mass is 32.1. The van der Waals surface area contributed by atoms with Gasteiger partial charge in [0, 0.05) is 48.2 Å². The minimum Gasteiger partial charge on any atom is -0.472 e. The van der Waals surface area contributed by atoms with Crippen LogP contribution in [0.3, 0.4) is 0 Å². The number of benzene rings is 2. The minimum atomic E-state index is -0.00985. The molecule has 192 valence electrons. The second-order valence-corrected chi connectivity index (χ2v) is 12.8. The number of thiazole rings is 1. The number of ether oxygens (including phenoxy) is 1. The lowest BCUT2D eigenvalue weighted by Gasteiger charge is -2.48. The summed E-state index contributed by atoms with van der Waals surface area (Å²) in [5.74, 6) is 0.721. The van der Waals surface area contributed by atoms with E-state index in [4.69, 9.17) is 9.72 Å². The molecule has 2 aromatic carbocycles. The molecule has 0 aliphatic carbocycles. The van der Waals surface area contributed by atoms with E-state index in [2.05, 4.69) is 69.2 Å². The van der Waals surface area contributed by atoms with Crippen molar-refractivity contribution < 1.29 is 4.74 Å². The molecule has 1 fully saturated rings. The monoisotopic (exact) mass is 514 g/mol. The summed E-state index contributed by atoms with van der Waals surface area (Å²) in [4.78, 5) is 21.0. The van der Waals surface area contributed by atoms with E-state index >= 15 is 0 Å². The quantitative estimate of drug-likeness (QED) is 0.365. The fourth-order valence-electron chi connectivity index (χ4n) is 6.31. The van der Waals surface area contributed by atoms with Crippen molar-refractivity contribution in [2.75, 3.05) is 11.9 Å². The average molecular weight is 515 g/mol. The van der Waals surface area contributed by atoms with E-state index in [-0.39, 0.29) is 16.6 Å². The summed E-state index contributed by atoms with van der Waals surface area (Å²) >= 11 is 1.70. The van der Waals surface area contributed by atoms with Gasteiger partial charge in [-0.3, -0.25) is 4.79 Å². The average Bonchev–Trinajstić information content (AvgIpc) is 3.28. The first-order chi connectivity index (χ1) is 17.5. The van der Waals surface area contributed by atoms with Crippen molar-refractivity contribution in [3.05, 3.63) is 64.4 Å². The summed E-state index contributed by atoms with van der Waals surface area (Å²) < 4.78 is 7.87. The summed E-state index contributed by atoms with van der Waals surface area (Å²) in [6.07, 6.45) is 2.12. The number of aromatic nitrogens is 2. The minimum absolute atomic E-state index is 0.00985. The Morgan fingerprint density at radius 1 is 1.05 bits per heavy atom. The Balaban J connectivity index is 1.36. The predicted molar refractivity (Wildman–Crippen MR) is 153 cm³/mol. The first-order valence-corrected chi connectivity index (χ1v) is 13.7. The number of piperidine rings is 1. The molecule has 7 heteroatoms. The predicted octanol–water partition coefficient (Wildman–Crippen LogP) is 5.97. The molecule has 0 bridgehead atoms. The molecule has 6 nitrogen and oxygen atoms in total. The van der Waals surface area contributed by atoms with Gasteiger partial charge in [0.25, 0.3) is 5.56 Å². The van der Waals surface area contributed by atoms with Crippen LogP contribution in [0.2, 0.25) is 0 Å². The maximum atomic E-state index is 12.7. The molecule has 2 aliphatic heterocycles. The van der Waals surface area contributed by atoms with E-state index in [1.165, 1.54) is 5.56 Å². The van der Waals surface area contributed by atoms with Crippen LogP contribution in [0.15, 0.2) is 53.3 Å². The second-order valence-electron chi connectivity index (χ2n) is 11.8. The van der Waals surface area contributed by atoms with Gasteiger partial charge in [-0.25, -0.2) is 0 Å². The molecule has 2 aromatic heterocycles. The number of pyridine rings is 1. The molecule has 0 amide bonds. The SMILES string of the molecule is CN(c1nc2c(s1)-c1ccc(-c3cc(=O)n(C)c4ccccc34)cc1CO2)C1CC(C)(C)NC(C)(C)C1. The fraction of sp³-hybridized carbons (Fsp3) is 0.400. The summed E-state index contributed by atoms with van der Waals surface area (Å²) in [7, 11) is 3.98. The van der Waals surface area contributed by atoms with Crippen molar-refractivity contribution in [1.82, 2.24) is 14.9 Å². The molecule has 0 spiro atoms. The van der Waals surface area contributed by atoms with E-state index in [1.54, 1.807) is 22.0 Å². The molecule has 0 saturated carbocycles. The molecular formula is C30H34N4O2S. The number of nitrogens with zero attached hydrogens (tertiary/aromatic N) is 3. The molecule has 2 aliphatic rings. The number of fused-ring (bicyclic) bond motifs is 4. The van der Waals surface area contributed by atoms with E-state index in [9.17, 15) is 4.79 Å². The molecule has 1 N–H and O–H groups in total. The second kappa shape index (κ2) is 8.43. The number of hydrogen-bond donors (Lipinski definition) is 1. The lowest BCUT2D eigenvalue weighted by Crippen LogP contribution is -2.61. The Bertz CT molecular complexity index is 1570. The van der Waals surface area contributed by atoms with Crippen LogP contribution in [-0.4, -0.2) is 33.7 Å². The zero-order chi connectivity index (χ0) is 26.1. The number of anilines is 1. The van der Waals surface area contributed by atoms with Gasteiger partial charge in [-0.15, -0.1) is 0 Å². The zero-order valence-corrected chi connectivity index (χ0v) is 23.2. The van der Waals surface area contributed by atoms with E-state index < -0.39 is 0 Å². The molecule has 6 rings (SSSR count). The molecule has 4 aromatic rings. The van der Waals surface area contributed by atoms with Crippen LogP contribution in [0.1, 0.15) is 46.1 Å². The van der Waals surface area contributed by atoms with E-state index in [0.29, 0.717) is 12.6 Å². The van der Waals surface area contributed by atoms with Crippen molar-refractivity contribution in [3.8, 4) is 27.4 Å². The van der Waals surface area contributed by atoms with Gasteiger partial charge < -0.3 is 19.5 Å². The molecule has 0 unspecified atom stereocenters. The summed E-state index contributed by atoms with van der Waals surface area (Å²) in [6, 6.07) is 16.6. The Morgan fingerprint density at radius 3 is 2.54 bits per heavy atom. The van der Waals surface area contributed by atoms with Gasteiger partial charge >= 0.3 is 0 Å². The van der Waals surface area contributed by atoms with Gasteiger partial charge in [0.15, 0.2) is 5.13 Å². The number of aryl methyl sites for hydroxylation is 1. The third-order valence-corrected chi connectivity index (χ3v) is 8.94. The first-order valence-electron chi connectivity index (χ1n) is 12.9.